The van der Waals surface area contributed by atoms with Crippen LogP contribution in [0.25, 0.3) is 0 Å². The molecule has 0 aliphatic rings. The fourth-order valence-corrected chi connectivity index (χ4v) is 3.05. The number of methoxy groups -OCH3 is 1. The molecule has 0 radical (unpaired) electrons. The van der Waals surface area contributed by atoms with E-state index in [4.69, 9.17) is 4.74 Å². The van der Waals surface area contributed by atoms with Crippen LogP contribution < -0.4 is 10.3 Å². The van der Waals surface area contributed by atoms with E-state index in [0.717, 1.165) is 5.56 Å². The number of benzene rings is 2. The summed E-state index contributed by atoms with van der Waals surface area (Å²) in [4.78, 5) is 13.2. The molecule has 0 aliphatic heterocycles. The first kappa shape index (κ1) is 19.8. The first-order valence-electron chi connectivity index (χ1n) is 8.96. The number of hydrogen-bond donors (Lipinski definition) is 1. The second kappa shape index (κ2) is 8.40. The van der Waals surface area contributed by atoms with Crippen molar-refractivity contribution in [2.75, 3.05) is 7.11 Å². The van der Waals surface area contributed by atoms with Gasteiger partial charge >= 0.3 is 0 Å². The normalized spacial score (nSPS) is 11.9. The highest BCUT2D eigenvalue weighted by atomic mass is 16.5. The summed E-state index contributed by atoms with van der Waals surface area (Å²) in [5.74, 6) is 0.225. The molecule has 1 unspecified atom stereocenters. The largest absolute Gasteiger partial charge is 0.497 e. The summed E-state index contributed by atoms with van der Waals surface area (Å²) in [6.45, 7) is 3.34. The smallest absolute Gasteiger partial charge is 0.282 e. The van der Waals surface area contributed by atoms with Crippen molar-refractivity contribution in [3.63, 3.8) is 0 Å². The van der Waals surface area contributed by atoms with Gasteiger partial charge in [-0.15, -0.1) is 5.11 Å². The Morgan fingerprint density at radius 3 is 2.52 bits per heavy atom. The Balaban J connectivity index is 2.16. The second-order valence-electron chi connectivity index (χ2n) is 6.45. The third kappa shape index (κ3) is 3.87. The standard InChI is InChI=1S/C22H20N4O3/c1-14-19(13-23)21(27)26(15(2)16-8-5-4-6-9-16)22(28)20(14)25-24-17-10-7-11-18(12-17)29-3/h4-12,15,27H,1-3H3. The van der Waals surface area contributed by atoms with Crippen molar-refractivity contribution in [2.45, 2.75) is 19.9 Å². The lowest BCUT2D eigenvalue weighted by atomic mass is 10.1. The number of nitrogens with zero attached hydrogens (tertiary/aromatic N) is 4. The van der Waals surface area contributed by atoms with E-state index in [-0.39, 0.29) is 22.7 Å². The fourth-order valence-electron chi connectivity index (χ4n) is 3.05. The van der Waals surface area contributed by atoms with Crippen LogP contribution in [-0.2, 0) is 0 Å². The topological polar surface area (TPSA) is 100.0 Å². The molecule has 0 bridgehead atoms. The zero-order valence-electron chi connectivity index (χ0n) is 16.3. The minimum absolute atomic E-state index is 0.00458. The van der Waals surface area contributed by atoms with E-state index in [0.29, 0.717) is 11.4 Å². The fraction of sp³-hybridized carbons (Fsp3) is 0.182. The van der Waals surface area contributed by atoms with Crippen LogP contribution in [-0.4, -0.2) is 16.8 Å². The van der Waals surface area contributed by atoms with Gasteiger partial charge in [0.1, 0.15) is 17.4 Å². The second-order valence-corrected chi connectivity index (χ2v) is 6.45. The first-order valence-corrected chi connectivity index (χ1v) is 8.96. The van der Waals surface area contributed by atoms with Crippen molar-refractivity contribution in [2.24, 2.45) is 10.2 Å². The summed E-state index contributed by atoms with van der Waals surface area (Å²) in [6.07, 6.45) is 0. The monoisotopic (exact) mass is 388 g/mol. The number of rotatable bonds is 5. The van der Waals surface area contributed by atoms with E-state index in [1.807, 2.05) is 36.4 Å². The van der Waals surface area contributed by atoms with Crippen LogP contribution in [0.1, 0.15) is 29.7 Å². The van der Waals surface area contributed by atoms with E-state index in [1.54, 1.807) is 45.2 Å². The van der Waals surface area contributed by atoms with Gasteiger partial charge in [0.25, 0.3) is 5.56 Å². The zero-order chi connectivity index (χ0) is 21.0. The summed E-state index contributed by atoms with van der Waals surface area (Å²) >= 11 is 0. The molecule has 0 amide bonds. The molecule has 7 nitrogen and oxygen atoms in total. The highest BCUT2D eigenvalue weighted by molar-refractivity contribution is 5.57. The number of nitriles is 1. The molecule has 3 rings (SSSR count). The van der Waals surface area contributed by atoms with Crippen LogP contribution >= 0.6 is 0 Å². The van der Waals surface area contributed by atoms with Crippen molar-refractivity contribution in [1.29, 1.82) is 5.26 Å². The Kier molecular flexibility index (Phi) is 5.74. The lowest BCUT2D eigenvalue weighted by molar-refractivity contribution is 0.393. The van der Waals surface area contributed by atoms with E-state index in [9.17, 15) is 15.2 Å². The van der Waals surface area contributed by atoms with Gasteiger partial charge in [-0.05, 0) is 31.5 Å². The Hall–Kier alpha value is -3.92. The predicted molar refractivity (Wildman–Crippen MR) is 109 cm³/mol. The molecule has 1 heterocycles. The summed E-state index contributed by atoms with van der Waals surface area (Å²) in [5, 5.41) is 28.4. The van der Waals surface area contributed by atoms with E-state index in [1.165, 1.54) is 4.57 Å². The number of aromatic hydroxyl groups is 1. The van der Waals surface area contributed by atoms with Gasteiger partial charge in [-0.1, -0.05) is 36.4 Å². The number of hydrogen-bond acceptors (Lipinski definition) is 6. The van der Waals surface area contributed by atoms with Gasteiger partial charge in [-0.2, -0.15) is 10.4 Å². The summed E-state index contributed by atoms with van der Waals surface area (Å²) in [6, 6.07) is 17.6. The molecule has 29 heavy (non-hydrogen) atoms. The van der Waals surface area contributed by atoms with E-state index >= 15 is 0 Å². The maximum atomic E-state index is 13.2. The lowest BCUT2D eigenvalue weighted by Crippen LogP contribution is -2.25. The van der Waals surface area contributed by atoms with E-state index in [2.05, 4.69) is 10.2 Å². The van der Waals surface area contributed by atoms with Crippen LogP contribution in [0.2, 0.25) is 0 Å². The van der Waals surface area contributed by atoms with Crippen LogP contribution in [0.15, 0.2) is 69.6 Å². The predicted octanol–water partition coefficient (Wildman–Crippen LogP) is 4.77. The van der Waals surface area contributed by atoms with Gasteiger partial charge in [0.2, 0.25) is 5.88 Å². The minimum Gasteiger partial charge on any atom is -0.497 e. The van der Waals surface area contributed by atoms with Crippen molar-refractivity contribution in [3.05, 3.63) is 81.6 Å². The molecule has 3 aromatic rings. The van der Waals surface area contributed by atoms with Gasteiger partial charge in [0.05, 0.1) is 18.8 Å². The average molecular weight is 388 g/mol. The van der Waals surface area contributed by atoms with Crippen LogP contribution in [0.4, 0.5) is 11.4 Å². The number of ether oxygens (including phenoxy) is 1. The third-order valence-corrected chi connectivity index (χ3v) is 4.70. The minimum atomic E-state index is -0.526. The van der Waals surface area contributed by atoms with Crippen molar-refractivity contribution in [3.8, 4) is 17.7 Å². The molecule has 1 aromatic heterocycles. The molecular weight excluding hydrogens is 368 g/mol. The molecule has 0 spiro atoms. The van der Waals surface area contributed by atoms with Crippen LogP contribution in [0, 0.1) is 18.3 Å². The maximum absolute atomic E-state index is 13.2. The zero-order valence-corrected chi connectivity index (χ0v) is 16.3. The number of pyridine rings is 1. The Morgan fingerprint density at radius 1 is 1.14 bits per heavy atom. The molecule has 0 saturated carbocycles. The molecule has 146 valence electrons. The summed E-state index contributed by atoms with van der Waals surface area (Å²) < 4.78 is 6.33. The van der Waals surface area contributed by atoms with Gasteiger partial charge in [0, 0.05) is 11.6 Å². The maximum Gasteiger partial charge on any atom is 0.282 e. The average Bonchev–Trinajstić information content (AvgIpc) is 2.74. The molecule has 2 aromatic carbocycles. The van der Waals surface area contributed by atoms with Crippen molar-refractivity contribution in [1.82, 2.24) is 4.57 Å². The van der Waals surface area contributed by atoms with Gasteiger partial charge in [-0.25, -0.2) is 0 Å². The highest BCUT2D eigenvalue weighted by Crippen LogP contribution is 2.31. The quantitative estimate of drug-likeness (QED) is 0.636. The molecule has 0 aliphatic carbocycles. The van der Waals surface area contributed by atoms with Gasteiger partial charge in [-0.3, -0.25) is 9.36 Å². The molecular formula is C22H20N4O3. The summed E-state index contributed by atoms with van der Waals surface area (Å²) in [5.41, 5.74) is 1.06. The van der Waals surface area contributed by atoms with Crippen LogP contribution in [0.5, 0.6) is 11.6 Å². The Bertz CT molecular complexity index is 1160. The van der Waals surface area contributed by atoms with Crippen molar-refractivity contribution >= 4 is 11.4 Å². The molecule has 1 N–H and O–H groups in total. The lowest BCUT2D eigenvalue weighted by Gasteiger charge is -2.19. The highest BCUT2D eigenvalue weighted by Gasteiger charge is 2.23. The van der Waals surface area contributed by atoms with Gasteiger partial charge in [0.15, 0.2) is 5.69 Å². The number of azo groups is 1. The first-order chi connectivity index (χ1) is 14.0. The number of aromatic nitrogens is 1. The SMILES string of the molecule is COc1cccc(N=Nc2c(C)c(C#N)c(O)n(C(C)c3ccccc3)c2=O)c1. The Morgan fingerprint density at radius 2 is 1.86 bits per heavy atom. The molecule has 0 saturated heterocycles. The van der Waals surface area contributed by atoms with Crippen molar-refractivity contribution < 1.29 is 9.84 Å². The summed E-state index contributed by atoms with van der Waals surface area (Å²) in [7, 11) is 1.54. The molecule has 1 atom stereocenters. The molecule has 0 fully saturated rings. The Labute approximate surface area is 168 Å². The van der Waals surface area contributed by atoms with Gasteiger partial charge < -0.3 is 9.84 Å². The molecule has 7 heteroatoms. The van der Waals surface area contributed by atoms with Crippen LogP contribution in [0.3, 0.4) is 0 Å². The third-order valence-electron chi connectivity index (χ3n) is 4.70. The van der Waals surface area contributed by atoms with E-state index < -0.39 is 11.6 Å².